The van der Waals surface area contributed by atoms with Crippen LogP contribution in [0.2, 0.25) is 0 Å². The molecule has 0 aromatic heterocycles. The number of hydrogen-bond acceptors (Lipinski definition) is 10. The molecule has 0 spiro atoms. The van der Waals surface area contributed by atoms with Gasteiger partial charge in [0.15, 0.2) is 17.5 Å². The third kappa shape index (κ3) is 4.75. The van der Waals surface area contributed by atoms with E-state index in [2.05, 4.69) is 6.58 Å². The van der Waals surface area contributed by atoms with Crippen LogP contribution in [0.25, 0.3) is 0 Å². The molecule has 0 aliphatic heterocycles. The van der Waals surface area contributed by atoms with E-state index in [0.29, 0.717) is 12.8 Å². The lowest BCUT2D eigenvalue weighted by Crippen LogP contribution is -2.80. The van der Waals surface area contributed by atoms with Gasteiger partial charge in [-0.25, -0.2) is 0 Å². The van der Waals surface area contributed by atoms with Crippen molar-refractivity contribution in [2.24, 2.45) is 34.0 Å². The predicted molar refractivity (Wildman–Crippen MR) is 145 cm³/mol. The van der Waals surface area contributed by atoms with E-state index < -0.39 is 93.5 Å². The summed E-state index contributed by atoms with van der Waals surface area (Å²) in [6.45, 7) is 12.7. The lowest BCUT2D eigenvalue weighted by Gasteiger charge is -2.67. The van der Waals surface area contributed by atoms with Crippen molar-refractivity contribution in [3.05, 3.63) is 12.7 Å². The second-order valence-electron chi connectivity index (χ2n) is 13.6. The van der Waals surface area contributed by atoms with Crippen molar-refractivity contribution in [1.29, 1.82) is 0 Å². The van der Waals surface area contributed by atoms with Gasteiger partial charge in [-0.3, -0.25) is 24.0 Å². The molecule has 0 saturated heterocycles. The SMILES string of the molecule is C=C[C@@]1(C)CC(=O)C2[C@]3(C)C(C[C@@H](OC(C)=O)[C@@]2(O)C1=O)C(C)(C)[C@H](O)[C@H](OC(C)=O)[C@@H]3OC(=O)C1CCCCC1. The van der Waals surface area contributed by atoms with Gasteiger partial charge in [-0.15, -0.1) is 6.58 Å². The standard InChI is InChI=1S/C31H44O10/c1-8-29(6)15-19(34)23-30(7)20(14-21(39-16(2)32)31(23,38)27(29)37)28(4,5)24(35)22(40-17(3)33)25(30)41-26(36)18-12-10-9-11-13-18/h8,18,20-25,35,38H,1,9-15H2,2-7H3/t20?,21-,22+,23?,24-,25+,29+,30+,31+/m1/s1. The van der Waals surface area contributed by atoms with E-state index in [-0.39, 0.29) is 12.8 Å². The van der Waals surface area contributed by atoms with Crippen molar-refractivity contribution in [3.8, 4) is 0 Å². The summed E-state index contributed by atoms with van der Waals surface area (Å²) in [5.74, 6) is -5.82. The highest BCUT2D eigenvalue weighted by molar-refractivity contribution is 6.06. The van der Waals surface area contributed by atoms with Gasteiger partial charge in [0.2, 0.25) is 0 Å². The number of ketones is 2. The molecule has 4 aliphatic rings. The summed E-state index contributed by atoms with van der Waals surface area (Å²) in [5.41, 5.74) is -6.50. The summed E-state index contributed by atoms with van der Waals surface area (Å²) >= 11 is 0. The van der Waals surface area contributed by atoms with Crippen LogP contribution in [-0.4, -0.2) is 69.7 Å². The Morgan fingerprint density at radius 3 is 2.07 bits per heavy atom. The van der Waals surface area contributed by atoms with Crippen molar-refractivity contribution >= 4 is 29.5 Å². The zero-order valence-electron chi connectivity index (χ0n) is 24.9. The van der Waals surface area contributed by atoms with Gasteiger partial charge < -0.3 is 24.4 Å². The van der Waals surface area contributed by atoms with Gasteiger partial charge in [0, 0.05) is 25.7 Å². The molecular formula is C31H44O10. The van der Waals surface area contributed by atoms with Gasteiger partial charge >= 0.3 is 17.9 Å². The molecule has 4 saturated carbocycles. The van der Waals surface area contributed by atoms with E-state index in [9.17, 15) is 34.2 Å². The van der Waals surface area contributed by atoms with Crippen molar-refractivity contribution in [2.75, 3.05) is 0 Å². The Kier molecular flexibility index (Phi) is 8.10. The topological polar surface area (TPSA) is 154 Å². The molecule has 4 fully saturated rings. The first-order valence-corrected chi connectivity index (χ1v) is 14.6. The molecule has 0 radical (unpaired) electrons. The van der Waals surface area contributed by atoms with Crippen molar-refractivity contribution in [3.63, 3.8) is 0 Å². The number of carbonyl (C=O) groups excluding carboxylic acids is 5. The molecule has 0 aromatic carbocycles. The second kappa shape index (κ2) is 10.6. The third-order valence-corrected chi connectivity index (χ3v) is 10.6. The van der Waals surface area contributed by atoms with Gasteiger partial charge in [-0.05, 0) is 37.5 Å². The number of aliphatic hydroxyl groups excluding tert-OH is 1. The van der Waals surface area contributed by atoms with Crippen LogP contribution < -0.4 is 0 Å². The number of Topliss-reactive ketones (excluding diaryl/α,β-unsaturated/α-hetero) is 2. The summed E-state index contributed by atoms with van der Waals surface area (Å²) in [4.78, 5) is 66.5. The summed E-state index contributed by atoms with van der Waals surface area (Å²) in [6, 6.07) is 0. The Labute approximate surface area is 241 Å². The van der Waals surface area contributed by atoms with Crippen molar-refractivity contribution < 1.29 is 48.4 Å². The average Bonchev–Trinajstić information content (AvgIpc) is 2.89. The maximum Gasteiger partial charge on any atom is 0.309 e. The largest absolute Gasteiger partial charge is 0.459 e. The lowest BCUT2D eigenvalue weighted by molar-refractivity contribution is -0.297. The highest BCUT2D eigenvalue weighted by atomic mass is 16.6. The summed E-state index contributed by atoms with van der Waals surface area (Å²) < 4.78 is 17.4. The molecule has 0 aromatic rings. The Morgan fingerprint density at radius 1 is 0.951 bits per heavy atom. The van der Waals surface area contributed by atoms with Gasteiger partial charge in [0.25, 0.3) is 0 Å². The number of hydrogen-bond donors (Lipinski definition) is 2. The number of carbonyl (C=O) groups is 5. The molecule has 228 valence electrons. The monoisotopic (exact) mass is 576 g/mol. The van der Waals surface area contributed by atoms with Crippen LogP contribution in [0.5, 0.6) is 0 Å². The molecule has 41 heavy (non-hydrogen) atoms. The molecule has 2 N–H and O–H groups in total. The molecular weight excluding hydrogens is 532 g/mol. The fourth-order valence-electron chi connectivity index (χ4n) is 8.57. The van der Waals surface area contributed by atoms with E-state index in [1.165, 1.54) is 19.9 Å². The molecule has 0 heterocycles. The number of esters is 3. The normalized spacial score (nSPS) is 42.3. The summed E-state index contributed by atoms with van der Waals surface area (Å²) in [7, 11) is 0. The molecule has 0 bridgehead atoms. The fourth-order valence-corrected chi connectivity index (χ4v) is 8.57. The second-order valence-corrected chi connectivity index (χ2v) is 13.6. The number of rotatable bonds is 5. The lowest BCUT2D eigenvalue weighted by atomic mass is 9.39. The number of fused-ring (bicyclic) bond motifs is 3. The van der Waals surface area contributed by atoms with Crippen LogP contribution in [-0.2, 0) is 38.2 Å². The third-order valence-electron chi connectivity index (χ3n) is 10.6. The molecule has 10 nitrogen and oxygen atoms in total. The highest BCUT2D eigenvalue weighted by Gasteiger charge is 2.78. The van der Waals surface area contributed by atoms with Crippen LogP contribution in [0.15, 0.2) is 12.7 Å². The zero-order chi connectivity index (χ0) is 30.7. The maximum absolute atomic E-state index is 14.2. The maximum atomic E-state index is 14.2. The molecule has 9 atom stereocenters. The first-order valence-electron chi connectivity index (χ1n) is 14.6. The molecule has 10 heteroatoms. The summed E-state index contributed by atoms with van der Waals surface area (Å²) in [5, 5.41) is 24.1. The van der Waals surface area contributed by atoms with E-state index in [1.807, 2.05) is 0 Å². The number of ether oxygens (including phenoxy) is 3. The fraction of sp³-hybridized carbons (Fsp3) is 0.774. The minimum Gasteiger partial charge on any atom is -0.459 e. The Morgan fingerprint density at radius 2 is 1.54 bits per heavy atom. The van der Waals surface area contributed by atoms with Gasteiger partial charge in [0.1, 0.15) is 24.1 Å². The van der Waals surface area contributed by atoms with E-state index in [0.717, 1.165) is 26.2 Å². The van der Waals surface area contributed by atoms with Crippen LogP contribution in [0.4, 0.5) is 0 Å². The van der Waals surface area contributed by atoms with Gasteiger partial charge in [0.05, 0.1) is 17.3 Å². The minimum absolute atomic E-state index is 0.107. The number of allylic oxidation sites excluding steroid dienone is 1. The molecule has 4 rings (SSSR count). The van der Waals surface area contributed by atoms with Crippen molar-refractivity contribution in [1.82, 2.24) is 0 Å². The first-order chi connectivity index (χ1) is 19.0. The Bertz CT molecular complexity index is 1140. The number of aliphatic hydroxyl groups is 2. The van der Waals surface area contributed by atoms with E-state index in [1.54, 1.807) is 20.8 Å². The van der Waals surface area contributed by atoms with Crippen LogP contribution in [0, 0.1) is 34.0 Å². The minimum atomic E-state index is -2.48. The predicted octanol–water partition coefficient (Wildman–Crippen LogP) is 2.85. The van der Waals surface area contributed by atoms with Crippen LogP contribution in [0.1, 0.15) is 86.5 Å². The van der Waals surface area contributed by atoms with Crippen LogP contribution in [0.3, 0.4) is 0 Å². The van der Waals surface area contributed by atoms with Gasteiger partial charge in [-0.2, -0.15) is 0 Å². The van der Waals surface area contributed by atoms with Crippen LogP contribution >= 0.6 is 0 Å². The molecule has 2 unspecified atom stereocenters. The van der Waals surface area contributed by atoms with Crippen molar-refractivity contribution in [2.45, 2.75) is 117 Å². The smallest absolute Gasteiger partial charge is 0.309 e. The Hall–Kier alpha value is -2.59. The average molecular weight is 577 g/mol. The highest BCUT2D eigenvalue weighted by Crippen LogP contribution is 2.66. The quantitative estimate of drug-likeness (QED) is 0.284. The Balaban J connectivity index is 1.95. The van der Waals surface area contributed by atoms with E-state index >= 15 is 0 Å². The van der Waals surface area contributed by atoms with E-state index in [4.69, 9.17) is 14.2 Å². The molecule has 0 amide bonds. The molecule has 4 aliphatic carbocycles. The summed E-state index contributed by atoms with van der Waals surface area (Å²) in [6.07, 6.45) is -0.611. The van der Waals surface area contributed by atoms with Gasteiger partial charge in [-0.1, -0.05) is 46.1 Å². The first kappa shape index (κ1) is 31.3. The zero-order valence-corrected chi connectivity index (χ0v) is 24.9.